The van der Waals surface area contributed by atoms with Crippen LogP contribution in [0.15, 0.2) is 41.6 Å². The van der Waals surface area contributed by atoms with Crippen molar-refractivity contribution < 1.29 is 119 Å². The zero-order valence-electron chi connectivity index (χ0n) is 60.9. The summed E-state index contributed by atoms with van der Waals surface area (Å²) in [6.07, 6.45) is 3.58. The van der Waals surface area contributed by atoms with Gasteiger partial charge in [-0.3, -0.25) is 24.1 Å². The number of nitrogens with one attached hydrogen (secondary N) is 2. The van der Waals surface area contributed by atoms with Gasteiger partial charge in [0, 0.05) is 50.4 Å². The fourth-order valence-electron chi connectivity index (χ4n) is 8.67. The zero-order chi connectivity index (χ0) is 73.4. The predicted octanol–water partition coefficient (Wildman–Crippen LogP) is 2.52. The smallest absolute Gasteiger partial charge is 0.260 e. The van der Waals surface area contributed by atoms with Gasteiger partial charge in [-0.15, -0.1) is 10.2 Å². The van der Waals surface area contributed by atoms with E-state index in [9.17, 15) is 19.2 Å². The first-order valence-corrected chi connectivity index (χ1v) is 36.7. The summed E-state index contributed by atoms with van der Waals surface area (Å²) < 4.78 is 119. The van der Waals surface area contributed by atoms with Crippen LogP contribution in [0.4, 0.5) is 5.82 Å². The summed E-state index contributed by atoms with van der Waals surface area (Å²) in [6.45, 7) is 25.1. The lowest BCUT2D eigenvalue weighted by Crippen LogP contribution is -2.35. The van der Waals surface area contributed by atoms with Gasteiger partial charge >= 0.3 is 0 Å². The molecule has 1 aliphatic heterocycles. The van der Waals surface area contributed by atoms with Crippen molar-refractivity contribution in [2.24, 2.45) is 0 Å². The third-order valence-corrected chi connectivity index (χ3v) is 15.0. The van der Waals surface area contributed by atoms with Crippen molar-refractivity contribution in [3.8, 4) is 5.88 Å². The Labute approximate surface area is 610 Å². The molecule has 3 aromatic rings. The second-order valence-electron chi connectivity index (χ2n) is 22.4. The van der Waals surface area contributed by atoms with E-state index >= 15 is 0 Å². The number of nitrogens with two attached hydrogens (primary N) is 1. The first kappa shape index (κ1) is 90.1. The molecule has 0 saturated carbocycles. The van der Waals surface area contributed by atoms with Crippen LogP contribution in [0.1, 0.15) is 51.2 Å². The van der Waals surface area contributed by atoms with Crippen LogP contribution in [-0.2, 0) is 127 Å². The molecule has 1 aromatic carbocycles. The van der Waals surface area contributed by atoms with Crippen molar-refractivity contribution in [3.63, 3.8) is 0 Å². The molecule has 34 heteroatoms. The second-order valence-corrected chi connectivity index (χ2v) is 23.5. The van der Waals surface area contributed by atoms with Crippen LogP contribution in [0, 0.1) is 0 Å². The highest BCUT2D eigenvalue weighted by Gasteiger charge is 2.24. The van der Waals surface area contributed by atoms with E-state index in [1.54, 1.807) is 11.8 Å². The Morgan fingerprint density at radius 1 is 0.437 bits per heavy atom. The molecule has 2 aromatic heterocycles. The topological polar surface area (TPSA) is 359 Å². The number of imide groups is 1. The largest absolute Gasteiger partial charge is 0.472 e. The Balaban J connectivity index is 0.735. The molecule has 4 N–H and O–H groups in total. The minimum absolute atomic E-state index is 0.0428. The predicted molar refractivity (Wildman–Crippen MR) is 378 cm³/mol. The van der Waals surface area contributed by atoms with Gasteiger partial charge in [0.25, 0.3) is 17.7 Å². The number of carbonyl (C=O) groups is 4. The summed E-state index contributed by atoms with van der Waals surface area (Å²) in [7, 11) is 0. The summed E-state index contributed by atoms with van der Waals surface area (Å²) in [5.74, 6) is 0.415. The molecule has 0 bridgehead atoms. The Kier molecular flexibility index (Phi) is 56.0. The molecule has 0 atom stereocenters. The lowest BCUT2D eigenvalue weighted by Gasteiger charge is -2.13. The van der Waals surface area contributed by atoms with E-state index < -0.39 is 11.8 Å². The molecule has 33 nitrogen and oxygen atoms in total. The molecule has 588 valence electrons. The molecule has 103 heavy (non-hydrogen) atoms. The minimum Gasteiger partial charge on any atom is -0.472 e. The van der Waals surface area contributed by atoms with Crippen molar-refractivity contribution >= 4 is 52.2 Å². The molecule has 1 aliphatic rings. The van der Waals surface area contributed by atoms with Crippen LogP contribution in [0.2, 0.25) is 0 Å². The zero-order valence-corrected chi connectivity index (χ0v) is 61.7. The molecule has 0 saturated heterocycles. The molecule has 0 spiro atoms. The third-order valence-electron chi connectivity index (χ3n) is 13.8. The normalized spacial score (nSPS) is 12.4. The summed E-state index contributed by atoms with van der Waals surface area (Å²) in [6, 6.07) is 8.10. The van der Waals surface area contributed by atoms with Crippen molar-refractivity contribution in [1.82, 2.24) is 35.3 Å². The van der Waals surface area contributed by atoms with Crippen molar-refractivity contribution in [2.75, 3.05) is 289 Å². The maximum Gasteiger partial charge on any atom is 0.260 e. The number of nitrogens with zero attached hydrogens (tertiary/aromatic N) is 5. The van der Waals surface area contributed by atoms with Crippen LogP contribution >= 0.6 is 11.8 Å². The van der Waals surface area contributed by atoms with Crippen molar-refractivity contribution in [1.29, 1.82) is 0 Å². The summed E-state index contributed by atoms with van der Waals surface area (Å²) >= 11 is 1.66. The number of thioether (sulfide) groups is 1. The van der Waals surface area contributed by atoms with E-state index in [-0.39, 0.29) is 43.1 Å². The van der Waals surface area contributed by atoms with Gasteiger partial charge in [0.15, 0.2) is 11.0 Å². The van der Waals surface area contributed by atoms with Crippen LogP contribution in [0.25, 0.3) is 11.0 Å². The van der Waals surface area contributed by atoms with Gasteiger partial charge < -0.3 is 120 Å². The van der Waals surface area contributed by atoms with E-state index in [4.69, 9.17) is 110 Å². The number of nitrogen functional groups attached to an aromatic ring is 1. The van der Waals surface area contributed by atoms with E-state index in [0.717, 1.165) is 38.9 Å². The van der Waals surface area contributed by atoms with Crippen molar-refractivity contribution in [2.45, 2.75) is 64.4 Å². The molecule has 3 heterocycles. The van der Waals surface area contributed by atoms with Gasteiger partial charge in [0.2, 0.25) is 11.8 Å². The number of rotatable bonds is 75. The van der Waals surface area contributed by atoms with E-state index in [1.165, 1.54) is 12.2 Å². The maximum atomic E-state index is 12.5. The number of anilines is 1. The Bertz CT molecular complexity index is 2600. The molecule has 0 radical (unpaired) electrons. The second kappa shape index (κ2) is 64.0. The molecular formula is C69H116N8O25S. The highest BCUT2D eigenvalue weighted by Crippen LogP contribution is 2.33. The van der Waals surface area contributed by atoms with Gasteiger partial charge in [0.1, 0.15) is 11.0 Å². The number of fused-ring (bicyclic) bond motifs is 1. The Morgan fingerprint density at radius 3 is 1.10 bits per heavy atom. The highest BCUT2D eigenvalue weighted by atomic mass is 32.2. The van der Waals surface area contributed by atoms with E-state index in [1.807, 2.05) is 38.1 Å². The number of carbonyl (C=O) groups excluding carboxylic acids is 4. The van der Waals surface area contributed by atoms with E-state index in [0.29, 0.717) is 295 Å². The number of aromatic nitrogens is 4. The van der Waals surface area contributed by atoms with Crippen LogP contribution < -0.4 is 21.1 Å². The molecular weight excluding hydrogens is 1370 g/mol. The lowest BCUT2D eigenvalue weighted by atomic mass is 10.1. The lowest BCUT2D eigenvalue weighted by molar-refractivity contribution is -0.137. The number of amides is 4. The Hall–Kier alpha value is -5.26. The molecule has 4 rings (SSSR count). The van der Waals surface area contributed by atoms with Gasteiger partial charge in [0.05, 0.1) is 277 Å². The quantitative estimate of drug-likeness (QED) is 0.0415. The number of imidazole rings is 1. The number of hydrogen-bond acceptors (Lipinski definition) is 30. The SMILES string of the molecule is CCCSc1nc2c(N)nnc(OC(C)C)c2n1Cc1ccc(CNC(=O)CCOCCOCCOCCOCCOCCOCCOCCOCCOCCOCCOCCOCCOCCOCCOCCOCCOCCOCCOCCOCCNC(=O)CCN2C(=O)C=CC2=O)cc1. The number of ether oxygens (including phenoxy) is 21. The van der Waals surface area contributed by atoms with E-state index in [2.05, 4.69) is 32.3 Å². The monoisotopic (exact) mass is 1490 g/mol. The number of hydrogen-bond donors (Lipinski definition) is 3. The van der Waals surface area contributed by atoms with Crippen LogP contribution in [0.3, 0.4) is 0 Å². The first-order chi connectivity index (χ1) is 50.7. The maximum absolute atomic E-state index is 12.5. The first-order valence-electron chi connectivity index (χ1n) is 35.7. The summed E-state index contributed by atoms with van der Waals surface area (Å²) in [5, 5.41) is 14.8. The standard InChI is InChI=1S/C69H116N8O25S/c1-4-55-103-69-73-65-66(68(102-58(2)3)75-74-67(65)70)77(69)57-60-7-5-59(6-8-60)56-72-62(79)12-15-82-17-19-84-21-23-86-25-27-88-29-31-90-33-35-92-37-39-94-41-43-96-45-47-98-49-51-100-53-54-101-52-50-99-48-46-97-44-42-95-40-38-93-36-34-91-32-30-89-28-26-87-24-22-85-20-18-83-16-13-71-61(78)11-14-76-63(80)9-10-64(76)81/h5-10,58H,4,11-57H2,1-3H3,(H2,70,74)(H,71,78)(H,72,79). The Morgan fingerprint density at radius 2 is 0.757 bits per heavy atom. The summed E-state index contributed by atoms with van der Waals surface area (Å²) in [4.78, 5) is 53.2. The van der Waals surface area contributed by atoms with Gasteiger partial charge in [-0.05, 0) is 31.4 Å². The third kappa shape index (κ3) is 47.8. The average molecular weight is 1490 g/mol. The van der Waals surface area contributed by atoms with Crippen molar-refractivity contribution in [3.05, 3.63) is 47.5 Å². The fourth-order valence-corrected chi connectivity index (χ4v) is 9.52. The number of benzene rings is 1. The van der Waals surface area contributed by atoms with Gasteiger partial charge in [-0.2, -0.15) is 0 Å². The van der Waals surface area contributed by atoms with Gasteiger partial charge in [-0.25, -0.2) is 4.98 Å². The van der Waals surface area contributed by atoms with Gasteiger partial charge in [-0.1, -0.05) is 43.0 Å². The molecule has 0 aliphatic carbocycles. The van der Waals surface area contributed by atoms with Crippen LogP contribution in [0.5, 0.6) is 5.88 Å². The highest BCUT2D eigenvalue weighted by molar-refractivity contribution is 7.99. The molecule has 0 unspecified atom stereocenters. The molecule has 4 amide bonds. The van der Waals surface area contributed by atoms with Crippen LogP contribution in [-0.4, -0.2) is 337 Å². The molecule has 0 fully saturated rings. The summed E-state index contributed by atoms with van der Waals surface area (Å²) in [5.41, 5.74) is 9.54. The average Bonchev–Trinajstić information content (AvgIpc) is 1.63. The fraction of sp³-hybridized carbons (Fsp3) is 0.754. The minimum atomic E-state index is -0.404.